The molecule has 1 aliphatic heterocycles. The van der Waals surface area contributed by atoms with E-state index in [0.717, 1.165) is 13.1 Å². The average molecular weight is 127 g/mol. The minimum Gasteiger partial charge on any atom is -0.478 e. The molecule has 0 spiro atoms. The van der Waals surface area contributed by atoms with Crippen LogP contribution in [0.15, 0.2) is 12.2 Å². The molecule has 0 aromatic carbocycles. The molecular weight excluding hydrogens is 118 g/mol. The predicted molar refractivity (Wildman–Crippen MR) is 33.2 cm³/mol. The lowest BCUT2D eigenvalue weighted by atomic mass is 10.3. The topological polar surface area (TPSA) is 40.3 Å². The molecule has 1 aliphatic rings. The largest absolute Gasteiger partial charge is 0.478 e. The van der Waals surface area contributed by atoms with Crippen LogP contribution in [-0.2, 0) is 4.79 Å². The smallest absolute Gasteiger partial charge is 0.332 e. The van der Waals surface area contributed by atoms with Gasteiger partial charge >= 0.3 is 5.97 Å². The van der Waals surface area contributed by atoms with E-state index in [9.17, 15) is 4.79 Å². The van der Waals surface area contributed by atoms with E-state index in [-0.39, 0.29) is 5.57 Å². The van der Waals surface area contributed by atoms with Crippen LogP contribution in [-0.4, -0.2) is 35.6 Å². The maximum Gasteiger partial charge on any atom is 0.332 e. The summed E-state index contributed by atoms with van der Waals surface area (Å²) in [6.45, 7) is 5.96. The third kappa shape index (κ3) is 1.85. The molecule has 0 unspecified atom stereocenters. The molecule has 1 rings (SSSR count). The maximum atomic E-state index is 10.1. The summed E-state index contributed by atoms with van der Waals surface area (Å²) in [5.74, 6) is -0.887. The number of carboxylic acids is 1. The Morgan fingerprint density at radius 1 is 1.67 bits per heavy atom. The van der Waals surface area contributed by atoms with Gasteiger partial charge in [0, 0.05) is 25.2 Å². The van der Waals surface area contributed by atoms with Gasteiger partial charge in [0.2, 0.25) is 0 Å². The molecule has 0 bridgehead atoms. The molecule has 1 heterocycles. The zero-order chi connectivity index (χ0) is 6.85. The van der Waals surface area contributed by atoms with Gasteiger partial charge < -0.3 is 5.11 Å². The summed E-state index contributed by atoms with van der Waals surface area (Å²) in [7, 11) is 0. The van der Waals surface area contributed by atoms with E-state index in [2.05, 4.69) is 6.58 Å². The van der Waals surface area contributed by atoms with Gasteiger partial charge in [-0.3, -0.25) is 4.90 Å². The summed E-state index contributed by atoms with van der Waals surface area (Å²) in [5.41, 5.74) is 0.285. The second kappa shape index (κ2) is 2.19. The van der Waals surface area contributed by atoms with Crippen LogP contribution in [0.1, 0.15) is 0 Å². The highest BCUT2D eigenvalue weighted by atomic mass is 16.4. The van der Waals surface area contributed by atoms with Crippen molar-refractivity contribution in [3.05, 3.63) is 12.2 Å². The molecule has 50 valence electrons. The lowest BCUT2D eigenvalue weighted by molar-refractivity contribution is -0.132. The van der Waals surface area contributed by atoms with E-state index < -0.39 is 5.97 Å². The van der Waals surface area contributed by atoms with Gasteiger partial charge in [0.1, 0.15) is 0 Å². The molecular formula is C6H9NO2. The Hall–Kier alpha value is -0.830. The Labute approximate surface area is 53.6 Å². The Morgan fingerprint density at radius 2 is 2.22 bits per heavy atom. The molecule has 1 saturated heterocycles. The van der Waals surface area contributed by atoms with E-state index >= 15 is 0 Å². The summed E-state index contributed by atoms with van der Waals surface area (Å²) in [5, 5.41) is 8.33. The fourth-order valence-corrected chi connectivity index (χ4v) is 0.566. The average Bonchev–Trinajstić information content (AvgIpc) is 2.50. The monoisotopic (exact) mass is 127 g/mol. The van der Waals surface area contributed by atoms with Gasteiger partial charge in [-0.1, -0.05) is 6.58 Å². The zero-order valence-corrected chi connectivity index (χ0v) is 5.13. The molecule has 0 atom stereocenters. The number of carbonyl (C=O) groups is 1. The van der Waals surface area contributed by atoms with E-state index in [1.54, 1.807) is 0 Å². The Bertz CT molecular complexity index is 149. The van der Waals surface area contributed by atoms with Crippen molar-refractivity contribution in [3.63, 3.8) is 0 Å². The quantitative estimate of drug-likeness (QED) is 0.426. The number of aliphatic carboxylic acids is 1. The van der Waals surface area contributed by atoms with Crippen molar-refractivity contribution in [2.75, 3.05) is 19.6 Å². The first kappa shape index (κ1) is 6.29. The van der Waals surface area contributed by atoms with Crippen molar-refractivity contribution < 1.29 is 9.90 Å². The van der Waals surface area contributed by atoms with Crippen LogP contribution in [0.3, 0.4) is 0 Å². The minimum atomic E-state index is -0.887. The van der Waals surface area contributed by atoms with Crippen LogP contribution in [0.25, 0.3) is 0 Å². The summed E-state index contributed by atoms with van der Waals surface area (Å²) in [4.78, 5) is 12.1. The SMILES string of the molecule is C=C(CN1CC1)C(=O)O. The van der Waals surface area contributed by atoms with Crippen LogP contribution in [0, 0.1) is 0 Å². The number of carboxylic acid groups (broad SMARTS) is 1. The molecule has 3 nitrogen and oxygen atoms in total. The Kier molecular flexibility index (Phi) is 1.53. The standard InChI is InChI=1S/C6H9NO2/c1-5(6(8)9)4-7-2-3-7/h1-4H2,(H,8,9). The highest BCUT2D eigenvalue weighted by molar-refractivity contribution is 5.86. The normalized spacial score (nSPS) is 17.3. The first-order valence-corrected chi connectivity index (χ1v) is 2.83. The molecule has 3 heteroatoms. The number of rotatable bonds is 3. The van der Waals surface area contributed by atoms with Crippen LogP contribution in [0.4, 0.5) is 0 Å². The lowest BCUT2D eigenvalue weighted by Gasteiger charge is -1.97. The first-order valence-electron chi connectivity index (χ1n) is 2.83. The van der Waals surface area contributed by atoms with Crippen molar-refractivity contribution in [1.29, 1.82) is 0 Å². The second-order valence-corrected chi connectivity index (χ2v) is 2.18. The van der Waals surface area contributed by atoms with Gasteiger partial charge in [0.25, 0.3) is 0 Å². The summed E-state index contributed by atoms with van der Waals surface area (Å²) < 4.78 is 0. The third-order valence-electron chi connectivity index (χ3n) is 1.26. The van der Waals surface area contributed by atoms with Gasteiger partial charge in [-0.15, -0.1) is 0 Å². The third-order valence-corrected chi connectivity index (χ3v) is 1.26. The number of hydrogen-bond acceptors (Lipinski definition) is 2. The van der Waals surface area contributed by atoms with Gasteiger partial charge in [-0.25, -0.2) is 4.79 Å². The first-order chi connectivity index (χ1) is 4.20. The van der Waals surface area contributed by atoms with Crippen LogP contribution < -0.4 is 0 Å². The van der Waals surface area contributed by atoms with Crippen molar-refractivity contribution >= 4 is 5.97 Å². The molecule has 0 radical (unpaired) electrons. The second-order valence-electron chi connectivity index (χ2n) is 2.18. The van der Waals surface area contributed by atoms with E-state index in [1.807, 2.05) is 4.90 Å². The molecule has 0 aromatic rings. The van der Waals surface area contributed by atoms with E-state index in [1.165, 1.54) is 0 Å². The maximum absolute atomic E-state index is 10.1. The van der Waals surface area contributed by atoms with Crippen molar-refractivity contribution in [2.45, 2.75) is 0 Å². The van der Waals surface area contributed by atoms with Crippen molar-refractivity contribution in [2.24, 2.45) is 0 Å². The molecule has 0 saturated carbocycles. The molecule has 1 fully saturated rings. The van der Waals surface area contributed by atoms with E-state index in [4.69, 9.17) is 5.11 Å². The fourth-order valence-electron chi connectivity index (χ4n) is 0.566. The van der Waals surface area contributed by atoms with E-state index in [0.29, 0.717) is 6.54 Å². The molecule has 0 amide bonds. The predicted octanol–water partition coefficient (Wildman–Crippen LogP) is -0.0572. The van der Waals surface area contributed by atoms with Gasteiger partial charge in [0.05, 0.1) is 0 Å². The molecule has 0 aliphatic carbocycles. The van der Waals surface area contributed by atoms with Gasteiger partial charge in [-0.05, 0) is 0 Å². The Balaban J connectivity index is 2.25. The minimum absolute atomic E-state index is 0.285. The lowest BCUT2D eigenvalue weighted by Crippen LogP contribution is -2.09. The molecule has 9 heavy (non-hydrogen) atoms. The molecule has 0 aromatic heterocycles. The highest BCUT2D eigenvalue weighted by Crippen LogP contribution is 2.06. The zero-order valence-electron chi connectivity index (χ0n) is 5.13. The number of nitrogens with zero attached hydrogens (tertiary/aromatic N) is 1. The Morgan fingerprint density at radius 3 is 2.56 bits per heavy atom. The summed E-state index contributed by atoms with van der Waals surface area (Å²) in [6, 6.07) is 0. The van der Waals surface area contributed by atoms with Gasteiger partial charge in [0.15, 0.2) is 0 Å². The van der Waals surface area contributed by atoms with Crippen LogP contribution >= 0.6 is 0 Å². The number of hydrogen-bond donors (Lipinski definition) is 1. The van der Waals surface area contributed by atoms with Crippen molar-refractivity contribution in [1.82, 2.24) is 4.90 Å². The van der Waals surface area contributed by atoms with Crippen molar-refractivity contribution in [3.8, 4) is 0 Å². The summed E-state index contributed by atoms with van der Waals surface area (Å²) in [6.07, 6.45) is 0. The molecule has 1 N–H and O–H groups in total. The van der Waals surface area contributed by atoms with Crippen LogP contribution in [0.5, 0.6) is 0 Å². The van der Waals surface area contributed by atoms with Crippen LogP contribution in [0.2, 0.25) is 0 Å². The fraction of sp³-hybridized carbons (Fsp3) is 0.500. The van der Waals surface area contributed by atoms with Gasteiger partial charge in [-0.2, -0.15) is 0 Å². The highest BCUT2D eigenvalue weighted by Gasteiger charge is 2.19. The summed E-state index contributed by atoms with van der Waals surface area (Å²) >= 11 is 0.